The number of nitrogens with zero attached hydrogens (tertiary/aromatic N) is 4. The van der Waals surface area contributed by atoms with Gasteiger partial charge in [0.25, 0.3) is 0 Å². The van der Waals surface area contributed by atoms with E-state index < -0.39 is 0 Å². The Kier molecular flexibility index (Phi) is 4.83. The maximum absolute atomic E-state index is 5.82. The van der Waals surface area contributed by atoms with Crippen LogP contribution in [-0.2, 0) is 0 Å². The van der Waals surface area contributed by atoms with Crippen LogP contribution in [0.25, 0.3) is 5.65 Å². The minimum absolute atomic E-state index is 0.0843. The van der Waals surface area contributed by atoms with Crippen LogP contribution in [0.2, 0.25) is 0 Å². The highest BCUT2D eigenvalue weighted by molar-refractivity contribution is 5.58. The van der Waals surface area contributed by atoms with Crippen LogP contribution in [0.15, 0.2) is 52.8 Å². The summed E-state index contributed by atoms with van der Waals surface area (Å²) in [6, 6.07) is 11.8. The van der Waals surface area contributed by atoms with Gasteiger partial charge in [-0.2, -0.15) is 0 Å². The Balaban J connectivity index is 2.08. The summed E-state index contributed by atoms with van der Waals surface area (Å²) < 4.78 is 7.82. The van der Waals surface area contributed by atoms with Crippen molar-refractivity contribution in [2.45, 2.75) is 46.6 Å². The fourth-order valence-electron chi connectivity index (χ4n) is 2.69. The number of imidazole rings is 1. The zero-order chi connectivity index (χ0) is 18.0. The second kappa shape index (κ2) is 7.05. The summed E-state index contributed by atoms with van der Waals surface area (Å²) >= 11 is 0. The smallest absolute Gasteiger partial charge is 0.183 e. The Morgan fingerprint density at radius 3 is 2.48 bits per heavy atom. The Hall–Kier alpha value is -2.69. The van der Waals surface area contributed by atoms with Gasteiger partial charge in [0.1, 0.15) is 17.1 Å². The quantitative estimate of drug-likeness (QED) is 0.539. The van der Waals surface area contributed by atoms with E-state index >= 15 is 0 Å². The molecule has 0 atom stereocenters. The Morgan fingerprint density at radius 1 is 1.00 bits per heavy atom. The molecule has 0 spiro atoms. The van der Waals surface area contributed by atoms with E-state index in [-0.39, 0.29) is 12.0 Å². The molecule has 130 valence electrons. The molecule has 0 unspecified atom stereocenters. The van der Waals surface area contributed by atoms with Crippen LogP contribution in [0, 0.1) is 6.92 Å². The van der Waals surface area contributed by atoms with E-state index in [0.717, 1.165) is 28.5 Å². The monoisotopic (exact) mass is 336 g/mol. The Labute approximate surface area is 148 Å². The van der Waals surface area contributed by atoms with Gasteiger partial charge in [-0.1, -0.05) is 32.0 Å². The molecule has 0 aliphatic heterocycles. The number of hydrogen-bond acceptors (Lipinski definition) is 4. The summed E-state index contributed by atoms with van der Waals surface area (Å²) in [7, 11) is 0. The third kappa shape index (κ3) is 3.55. The van der Waals surface area contributed by atoms with Crippen molar-refractivity contribution in [2.24, 2.45) is 10.2 Å². The molecule has 0 aliphatic rings. The fraction of sp³-hybridized carbons (Fsp3) is 0.350. The van der Waals surface area contributed by atoms with E-state index in [9.17, 15) is 0 Å². The summed E-state index contributed by atoms with van der Waals surface area (Å²) in [5.74, 6) is 1.76. The van der Waals surface area contributed by atoms with E-state index in [1.165, 1.54) is 0 Å². The molecule has 5 heteroatoms. The number of aromatic nitrogens is 2. The molecule has 2 heterocycles. The van der Waals surface area contributed by atoms with Crippen molar-refractivity contribution in [2.75, 3.05) is 0 Å². The predicted molar refractivity (Wildman–Crippen MR) is 100 cm³/mol. The highest BCUT2D eigenvalue weighted by Crippen LogP contribution is 2.33. The Bertz CT molecular complexity index is 909. The number of fused-ring (bicyclic) bond motifs is 1. The first-order valence-electron chi connectivity index (χ1n) is 8.62. The normalized spacial score (nSPS) is 12.0. The molecule has 1 aromatic carbocycles. The van der Waals surface area contributed by atoms with Gasteiger partial charge in [-0.15, -0.1) is 10.2 Å². The van der Waals surface area contributed by atoms with Gasteiger partial charge in [0.05, 0.1) is 11.8 Å². The molecule has 0 aliphatic carbocycles. The maximum Gasteiger partial charge on any atom is 0.183 e. The van der Waals surface area contributed by atoms with Gasteiger partial charge in [-0.05, 0) is 50.5 Å². The number of ether oxygens (including phenoxy) is 1. The molecule has 0 saturated heterocycles. The molecule has 3 aromatic rings. The lowest BCUT2D eigenvalue weighted by Gasteiger charge is -2.11. The van der Waals surface area contributed by atoms with Gasteiger partial charge in [-0.3, -0.25) is 4.40 Å². The molecule has 0 N–H and O–H groups in total. The third-order valence-corrected chi connectivity index (χ3v) is 3.87. The van der Waals surface area contributed by atoms with E-state index in [0.29, 0.717) is 5.69 Å². The molecule has 0 amide bonds. The lowest BCUT2D eigenvalue weighted by atomic mass is 10.1. The molecule has 0 bridgehead atoms. The van der Waals surface area contributed by atoms with Crippen LogP contribution < -0.4 is 4.74 Å². The molecule has 0 fully saturated rings. The summed E-state index contributed by atoms with van der Waals surface area (Å²) in [6.07, 6.45) is 2.06. The van der Waals surface area contributed by atoms with Crippen LogP contribution >= 0.6 is 0 Å². The number of para-hydroxylation sites is 1. The van der Waals surface area contributed by atoms with Gasteiger partial charge < -0.3 is 4.74 Å². The highest BCUT2D eigenvalue weighted by Gasteiger charge is 2.16. The second-order valence-corrected chi connectivity index (χ2v) is 6.69. The van der Waals surface area contributed by atoms with Crippen LogP contribution in [0.3, 0.4) is 0 Å². The molecular formula is C20H24N4O. The van der Waals surface area contributed by atoms with Crippen LogP contribution in [0.5, 0.6) is 5.75 Å². The number of pyridine rings is 1. The molecule has 25 heavy (non-hydrogen) atoms. The summed E-state index contributed by atoms with van der Waals surface area (Å²) in [6.45, 7) is 10.3. The zero-order valence-corrected chi connectivity index (χ0v) is 15.4. The summed E-state index contributed by atoms with van der Waals surface area (Å²) in [5.41, 5.74) is 3.70. The lowest BCUT2D eigenvalue weighted by Crippen LogP contribution is -2.05. The molecular weight excluding hydrogens is 312 g/mol. The van der Waals surface area contributed by atoms with E-state index in [1.807, 2.05) is 54.8 Å². The van der Waals surface area contributed by atoms with E-state index in [1.54, 1.807) is 0 Å². The predicted octanol–water partition coefficient (Wildman–Crippen LogP) is 5.97. The third-order valence-electron chi connectivity index (χ3n) is 3.87. The van der Waals surface area contributed by atoms with Crippen LogP contribution in [0.4, 0.5) is 11.5 Å². The average Bonchev–Trinajstić information content (AvgIpc) is 2.94. The van der Waals surface area contributed by atoms with Crippen molar-refractivity contribution in [1.29, 1.82) is 0 Å². The summed E-state index contributed by atoms with van der Waals surface area (Å²) in [4.78, 5) is 4.77. The standard InChI is InChI=1S/C20H24N4O/c1-13(2)18-20(24-12-8-9-15(5)19(24)21-18)23-22-16-10-6-7-11-17(16)25-14(3)4/h6-14H,1-5H3. The van der Waals surface area contributed by atoms with E-state index in [4.69, 9.17) is 9.72 Å². The maximum atomic E-state index is 5.82. The summed E-state index contributed by atoms with van der Waals surface area (Å²) in [5, 5.41) is 9.00. The van der Waals surface area contributed by atoms with Gasteiger partial charge >= 0.3 is 0 Å². The van der Waals surface area contributed by atoms with Crippen molar-refractivity contribution in [3.05, 3.63) is 53.9 Å². The van der Waals surface area contributed by atoms with Crippen molar-refractivity contribution in [3.63, 3.8) is 0 Å². The SMILES string of the molecule is Cc1cccn2c(N=Nc3ccccc3OC(C)C)c(C(C)C)nc12. The minimum atomic E-state index is 0.0843. The largest absolute Gasteiger partial charge is 0.489 e. The van der Waals surface area contributed by atoms with Crippen molar-refractivity contribution < 1.29 is 4.74 Å². The first-order valence-corrected chi connectivity index (χ1v) is 8.62. The van der Waals surface area contributed by atoms with Gasteiger partial charge in [0.2, 0.25) is 0 Å². The van der Waals surface area contributed by atoms with Gasteiger partial charge in [0, 0.05) is 6.20 Å². The molecule has 3 rings (SSSR count). The molecule has 5 nitrogen and oxygen atoms in total. The highest BCUT2D eigenvalue weighted by atomic mass is 16.5. The fourth-order valence-corrected chi connectivity index (χ4v) is 2.69. The number of hydrogen-bond donors (Lipinski definition) is 0. The zero-order valence-electron chi connectivity index (χ0n) is 15.4. The van der Waals surface area contributed by atoms with Crippen molar-refractivity contribution >= 4 is 17.2 Å². The lowest BCUT2D eigenvalue weighted by molar-refractivity contribution is 0.243. The average molecular weight is 336 g/mol. The number of benzene rings is 1. The van der Waals surface area contributed by atoms with E-state index in [2.05, 4.69) is 37.1 Å². The first-order chi connectivity index (χ1) is 12.0. The molecule has 2 aromatic heterocycles. The number of azo groups is 1. The minimum Gasteiger partial charge on any atom is -0.489 e. The number of aryl methyl sites for hydroxylation is 1. The number of rotatable bonds is 5. The topological polar surface area (TPSA) is 51.2 Å². The van der Waals surface area contributed by atoms with Gasteiger partial charge in [0.15, 0.2) is 5.82 Å². The van der Waals surface area contributed by atoms with Gasteiger partial charge in [-0.25, -0.2) is 4.98 Å². The Morgan fingerprint density at radius 2 is 1.76 bits per heavy atom. The van der Waals surface area contributed by atoms with Crippen LogP contribution in [-0.4, -0.2) is 15.5 Å². The van der Waals surface area contributed by atoms with Crippen molar-refractivity contribution in [1.82, 2.24) is 9.38 Å². The molecule has 0 saturated carbocycles. The molecule has 0 radical (unpaired) electrons. The second-order valence-electron chi connectivity index (χ2n) is 6.69. The van der Waals surface area contributed by atoms with Crippen LogP contribution in [0.1, 0.15) is 44.9 Å². The first kappa shape index (κ1) is 17.1. The van der Waals surface area contributed by atoms with Crippen molar-refractivity contribution in [3.8, 4) is 5.75 Å².